The molecule has 0 fully saturated rings. The fraction of sp³-hybridized carbons (Fsp3) is 0.429. The Bertz CT molecular complexity index is 1010. The smallest absolute Gasteiger partial charge is 0.373 e. The number of benzene rings is 2. The first-order valence-electron chi connectivity index (χ1n) is 11.0. The molecule has 0 aliphatic rings. The molecule has 36 heavy (non-hydrogen) atoms. The number of carboxylic acids is 1. The zero-order valence-electron chi connectivity index (χ0n) is 22.4. The van der Waals surface area contributed by atoms with E-state index in [1.54, 1.807) is 12.1 Å². The summed E-state index contributed by atoms with van der Waals surface area (Å²) in [7, 11) is 0. The molecular weight excluding hydrogens is 464 g/mol. The van der Waals surface area contributed by atoms with Gasteiger partial charge in [0.05, 0.1) is 11.1 Å². The van der Waals surface area contributed by atoms with E-state index in [4.69, 9.17) is 29.0 Å². The first-order chi connectivity index (χ1) is 16.3. The minimum atomic E-state index is -0.875. The zero-order valence-corrected chi connectivity index (χ0v) is 22.4. The highest BCUT2D eigenvalue weighted by Crippen LogP contribution is 2.23. The van der Waals surface area contributed by atoms with E-state index in [9.17, 15) is 9.59 Å². The fourth-order valence-electron chi connectivity index (χ4n) is 2.56. The average Bonchev–Trinajstić information content (AvgIpc) is 2.73. The van der Waals surface area contributed by atoms with E-state index in [1.807, 2.05) is 57.2 Å². The SMILES string of the molecule is CC(C)(C)OC(=O)c1ccc(C(C)(C)C)cc1.CC(C)(C)c1ccc(C(=O)O)cc1.O=C=O.O=C=O. The molecule has 0 saturated carbocycles. The third-order valence-electron chi connectivity index (χ3n) is 4.38. The average molecular weight is 501 g/mol. The van der Waals surface area contributed by atoms with E-state index in [2.05, 4.69) is 41.5 Å². The van der Waals surface area contributed by atoms with Gasteiger partial charge in [0.25, 0.3) is 0 Å². The van der Waals surface area contributed by atoms with Crippen molar-refractivity contribution in [2.75, 3.05) is 0 Å². The van der Waals surface area contributed by atoms with E-state index in [0.29, 0.717) is 11.1 Å². The van der Waals surface area contributed by atoms with Crippen LogP contribution >= 0.6 is 0 Å². The summed E-state index contributed by atoms with van der Waals surface area (Å²) >= 11 is 0. The molecule has 0 heterocycles. The van der Waals surface area contributed by atoms with Gasteiger partial charge in [-0.25, -0.2) is 9.59 Å². The quantitative estimate of drug-likeness (QED) is 0.538. The van der Waals surface area contributed by atoms with Crippen molar-refractivity contribution in [2.24, 2.45) is 0 Å². The molecule has 0 saturated heterocycles. The lowest BCUT2D eigenvalue weighted by Crippen LogP contribution is -2.24. The minimum Gasteiger partial charge on any atom is -0.478 e. The van der Waals surface area contributed by atoms with Gasteiger partial charge in [0.1, 0.15) is 5.60 Å². The van der Waals surface area contributed by atoms with Crippen molar-refractivity contribution in [2.45, 2.75) is 78.7 Å². The van der Waals surface area contributed by atoms with Crippen LogP contribution in [0.4, 0.5) is 0 Å². The Balaban J connectivity index is 0. The zero-order chi connectivity index (χ0) is 28.7. The molecule has 0 aromatic heterocycles. The Morgan fingerprint density at radius 1 is 0.611 bits per heavy atom. The number of rotatable bonds is 2. The molecule has 2 rings (SSSR count). The summed E-state index contributed by atoms with van der Waals surface area (Å²) in [4.78, 5) is 54.9. The molecule has 8 nitrogen and oxygen atoms in total. The van der Waals surface area contributed by atoms with Crippen LogP contribution in [0.25, 0.3) is 0 Å². The van der Waals surface area contributed by atoms with Crippen molar-refractivity contribution in [1.82, 2.24) is 0 Å². The minimum absolute atomic E-state index is 0.0804. The largest absolute Gasteiger partial charge is 0.478 e. The summed E-state index contributed by atoms with van der Waals surface area (Å²) in [5, 5.41) is 8.68. The third kappa shape index (κ3) is 15.1. The topological polar surface area (TPSA) is 132 Å². The van der Waals surface area contributed by atoms with Crippen molar-refractivity contribution in [3.63, 3.8) is 0 Å². The second-order valence-electron chi connectivity index (χ2n) is 10.6. The lowest BCUT2D eigenvalue weighted by atomic mass is 9.87. The van der Waals surface area contributed by atoms with Crippen LogP contribution in [0, 0.1) is 0 Å². The molecule has 2 aromatic rings. The van der Waals surface area contributed by atoms with Gasteiger partial charge in [-0.2, -0.15) is 19.2 Å². The van der Waals surface area contributed by atoms with Crippen LogP contribution in [-0.2, 0) is 34.7 Å². The molecule has 2 aromatic carbocycles. The van der Waals surface area contributed by atoms with Crippen LogP contribution in [0.3, 0.4) is 0 Å². The summed E-state index contributed by atoms with van der Waals surface area (Å²) < 4.78 is 5.31. The highest BCUT2D eigenvalue weighted by atomic mass is 16.6. The van der Waals surface area contributed by atoms with E-state index in [-0.39, 0.29) is 29.1 Å². The van der Waals surface area contributed by atoms with Crippen molar-refractivity contribution in [1.29, 1.82) is 0 Å². The Hall–Kier alpha value is -3.86. The van der Waals surface area contributed by atoms with Crippen LogP contribution in [0.15, 0.2) is 48.5 Å². The molecule has 0 aliphatic carbocycles. The van der Waals surface area contributed by atoms with Crippen molar-refractivity contribution >= 4 is 24.2 Å². The fourth-order valence-corrected chi connectivity index (χ4v) is 2.56. The second kappa shape index (κ2) is 15.2. The maximum atomic E-state index is 11.8. The molecule has 0 radical (unpaired) electrons. The lowest BCUT2D eigenvalue weighted by molar-refractivity contribution is -0.193. The van der Waals surface area contributed by atoms with Gasteiger partial charge < -0.3 is 9.84 Å². The number of aromatic carboxylic acids is 1. The van der Waals surface area contributed by atoms with Crippen molar-refractivity contribution in [3.8, 4) is 0 Å². The van der Waals surface area contributed by atoms with Gasteiger partial charge in [0, 0.05) is 0 Å². The molecule has 1 N–H and O–H groups in total. The van der Waals surface area contributed by atoms with Crippen LogP contribution < -0.4 is 0 Å². The molecule has 0 aliphatic heterocycles. The molecular formula is C28H36O8. The Morgan fingerprint density at radius 3 is 1.11 bits per heavy atom. The molecule has 0 unspecified atom stereocenters. The van der Waals surface area contributed by atoms with Gasteiger partial charge in [-0.15, -0.1) is 0 Å². The second-order valence-corrected chi connectivity index (χ2v) is 10.6. The van der Waals surface area contributed by atoms with Gasteiger partial charge in [-0.1, -0.05) is 65.8 Å². The van der Waals surface area contributed by atoms with Crippen molar-refractivity contribution < 1.29 is 38.6 Å². The summed E-state index contributed by atoms with van der Waals surface area (Å²) in [6, 6.07) is 14.6. The van der Waals surface area contributed by atoms with E-state index < -0.39 is 11.6 Å². The predicted octanol–water partition coefficient (Wildman–Crippen LogP) is 5.45. The van der Waals surface area contributed by atoms with E-state index in [0.717, 1.165) is 5.56 Å². The normalized spacial score (nSPS) is 10.4. The van der Waals surface area contributed by atoms with Crippen LogP contribution in [-0.4, -0.2) is 34.9 Å². The number of carbonyl (C=O) groups is 2. The molecule has 0 atom stereocenters. The van der Waals surface area contributed by atoms with Gasteiger partial charge in [0.2, 0.25) is 0 Å². The van der Waals surface area contributed by atoms with Gasteiger partial charge in [-0.05, 0) is 67.0 Å². The summed E-state index contributed by atoms with van der Waals surface area (Å²) in [6.07, 6.45) is 0.500. The molecule has 0 spiro atoms. The number of hydrogen-bond donors (Lipinski definition) is 1. The lowest BCUT2D eigenvalue weighted by Gasteiger charge is -2.21. The first-order valence-corrected chi connectivity index (χ1v) is 11.0. The molecule has 8 heteroatoms. The number of esters is 1. The van der Waals surface area contributed by atoms with E-state index in [1.165, 1.54) is 5.56 Å². The van der Waals surface area contributed by atoms with Gasteiger partial charge in [0.15, 0.2) is 0 Å². The number of carbonyl (C=O) groups excluding carboxylic acids is 5. The Kier molecular flexibility index (Phi) is 14.5. The maximum absolute atomic E-state index is 11.8. The van der Waals surface area contributed by atoms with E-state index >= 15 is 0 Å². The van der Waals surface area contributed by atoms with Crippen LogP contribution in [0.1, 0.15) is 94.2 Å². The first kappa shape index (κ1) is 34.3. The van der Waals surface area contributed by atoms with Gasteiger partial charge >= 0.3 is 24.2 Å². The monoisotopic (exact) mass is 500 g/mol. The number of ether oxygens (including phenoxy) is 1. The van der Waals surface area contributed by atoms with Crippen LogP contribution in [0.5, 0.6) is 0 Å². The summed E-state index contributed by atoms with van der Waals surface area (Å²) in [6.45, 7) is 18.4. The Morgan fingerprint density at radius 2 is 0.889 bits per heavy atom. The van der Waals surface area contributed by atoms with Crippen molar-refractivity contribution in [3.05, 3.63) is 70.8 Å². The molecule has 0 bridgehead atoms. The summed E-state index contributed by atoms with van der Waals surface area (Å²) in [5.74, 6) is -1.14. The highest BCUT2D eigenvalue weighted by molar-refractivity contribution is 5.89. The Labute approximate surface area is 212 Å². The van der Waals surface area contributed by atoms with Gasteiger partial charge in [-0.3, -0.25) is 0 Å². The predicted molar refractivity (Wildman–Crippen MR) is 132 cm³/mol. The molecule has 196 valence electrons. The number of hydrogen-bond acceptors (Lipinski definition) is 7. The maximum Gasteiger partial charge on any atom is 0.373 e. The summed E-state index contributed by atoms with van der Waals surface area (Å²) in [5.41, 5.74) is 3.05. The molecule has 0 amide bonds. The highest BCUT2D eigenvalue weighted by Gasteiger charge is 2.19. The van der Waals surface area contributed by atoms with Crippen LogP contribution in [0.2, 0.25) is 0 Å². The number of carboxylic acid groups (broad SMARTS) is 1. The third-order valence-corrected chi connectivity index (χ3v) is 4.38. The standard InChI is InChI=1S/C15H22O2.C11H14O2.2CO2/c1-14(2,3)12-9-7-11(8-10-12)13(16)17-15(4,5)6;1-11(2,3)9-6-4-8(5-7-9)10(12)13;2*2-1-3/h7-10H,1-6H3;4-7H,1-3H3,(H,12,13);;.